The van der Waals surface area contributed by atoms with Crippen molar-refractivity contribution in [2.45, 2.75) is 38.1 Å². The molecule has 1 saturated carbocycles. The number of nitrogens with one attached hydrogen (secondary N) is 1. The van der Waals surface area contributed by atoms with E-state index in [1.807, 2.05) is 6.92 Å². The number of aliphatic carboxylic acids is 1. The fraction of sp³-hybridized carbons (Fsp3) is 0.467. The molecule has 114 valence electrons. The first kappa shape index (κ1) is 15.9. The van der Waals surface area contributed by atoms with E-state index >= 15 is 0 Å². The fourth-order valence-corrected chi connectivity index (χ4v) is 3.09. The third-order valence-electron chi connectivity index (χ3n) is 3.94. The lowest BCUT2D eigenvalue weighted by Gasteiger charge is -2.37. The van der Waals surface area contributed by atoms with E-state index in [0.29, 0.717) is 12.8 Å². The molecule has 1 aliphatic carbocycles. The Morgan fingerprint density at radius 1 is 1.48 bits per heavy atom. The standard InChI is InChI=1S/C15H17BrFNO3/c1-9-3-2-6-15(8-9,14(20)21)18-13(19)10-4-5-11(16)12(17)7-10/h4-5,7,9H,2-3,6,8H2,1H3,(H,18,19)(H,20,21). The quantitative estimate of drug-likeness (QED) is 0.871. The molecular weight excluding hydrogens is 341 g/mol. The van der Waals surface area contributed by atoms with Crippen molar-refractivity contribution in [2.24, 2.45) is 5.92 Å². The van der Waals surface area contributed by atoms with E-state index < -0.39 is 23.2 Å². The van der Waals surface area contributed by atoms with Crippen molar-refractivity contribution in [1.29, 1.82) is 0 Å². The summed E-state index contributed by atoms with van der Waals surface area (Å²) < 4.78 is 13.8. The molecule has 1 amide bonds. The Morgan fingerprint density at radius 2 is 2.19 bits per heavy atom. The molecule has 21 heavy (non-hydrogen) atoms. The largest absolute Gasteiger partial charge is 0.480 e. The minimum atomic E-state index is -1.25. The normalized spacial score (nSPS) is 25.4. The van der Waals surface area contributed by atoms with Crippen molar-refractivity contribution < 1.29 is 19.1 Å². The number of carboxylic acids is 1. The van der Waals surface area contributed by atoms with Crippen LogP contribution in [0, 0.1) is 11.7 Å². The fourth-order valence-electron chi connectivity index (χ4n) is 2.84. The molecular formula is C15H17BrFNO3. The number of carboxylic acid groups (broad SMARTS) is 1. The lowest BCUT2D eigenvalue weighted by atomic mass is 9.76. The van der Waals surface area contributed by atoms with Crippen molar-refractivity contribution in [3.05, 3.63) is 34.1 Å². The van der Waals surface area contributed by atoms with Crippen LogP contribution in [-0.4, -0.2) is 22.5 Å². The Kier molecular flexibility index (Phi) is 4.66. The minimum absolute atomic E-state index is 0.120. The zero-order valence-corrected chi connectivity index (χ0v) is 13.2. The van der Waals surface area contributed by atoms with Crippen LogP contribution >= 0.6 is 15.9 Å². The summed E-state index contributed by atoms with van der Waals surface area (Å²) >= 11 is 3.02. The number of hydrogen-bond donors (Lipinski definition) is 2. The van der Waals surface area contributed by atoms with Gasteiger partial charge in [-0.25, -0.2) is 9.18 Å². The highest BCUT2D eigenvalue weighted by atomic mass is 79.9. The van der Waals surface area contributed by atoms with Crippen LogP contribution in [0.4, 0.5) is 4.39 Å². The van der Waals surface area contributed by atoms with E-state index in [2.05, 4.69) is 21.2 Å². The van der Waals surface area contributed by atoms with Gasteiger partial charge < -0.3 is 10.4 Å². The molecule has 6 heteroatoms. The number of rotatable bonds is 3. The topological polar surface area (TPSA) is 66.4 Å². The molecule has 1 aromatic rings. The molecule has 2 rings (SSSR count). The molecule has 0 radical (unpaired) electrons. The number of benzene rings is 1. The first-order valence-corrected chi connectivity index (χ1v) is 7.64. The molecule has 1 fully saturated rings. The second-order valence-corrected chi connectivity index (χ2v) is 6.53. The number of carbonyl (C=O) groups is 2. The highest BCUT2D eigenvalue weighted by molar-refractivity contribution is 9.10. The highest BCUT2D eigenvalue weighted by Crippen LogP contribution is 2.33. The Morgan fingerprint density at radius 3 is 2.76 bits per heavy atom. The van der Waals surface area contributed by atoms with Gasteiger partial charge >= 0.3 is 5.97 Å². The first-order chi connectivity index (χ1) is 9.84. The molecule has 0 saturated heterocycles. The number of amides is 1. The average molecular weight is 358 g/mol. The summed E-state index contributed by atoms with van der Waals surface area (Å²) in [6.45, 7) is 1.97. The molecule has 0 spiro atoms. The molecule has 0 aromatic heterocycles. The van der Waals surface area contributed by atoms with Gasteiger partial charge in [0.05, 0.1) is 4.47 Å². The van der Waals surface area contributed by atoms with Crippen molar-refractivity contribution in [1.82, 2.24) is 5.32 Å². The summed E-state index contributed by atoms with van der Waals surface area (Å²) in [5.41, 5.74) is -1.13. The molecule has 2 N–H and O–H groups in total. The second-order valence-electron chi connectivity index (χ2n) is 5.67. The SMILES string of the molecule is CC1CCCC(NC(=O)c2ccc(Br)c(F)c2)(C(=O)O)C1. The maximum Gasteiger partial charge on any atom is 0.329 e. The van der Waals surface area contributed by atoms with Gasteiger partial charge in [0.25, 0.3) is 5.91 Å². The van der Waals surface area contributed by atoms with E-state index in [1.165, 1.54) is 12.1 Å². The van der Waals surface area contributed by atoms with Crippen LogP contribution in [0.2, 0.25) is 0 Å². The molecule has 1 aliphatic rings. The van der Waals surface area contributed by atoms with E-state index in [-0.39, 0.29) is 16.0 Å². The third-order valence-corrected chi connectivity index (χ3v) is 4.58. The van der Waals surface area contributed by atoms with Gasteiger partial charge in [-0.2, -0.15) is 0 Å². The summed E-state index contributed by atoms with van der Waals surface area (Å²) in [6, 6.07) is 3.99. The zero-order chi connectivity index (χ0) is 15.6. The second kappa shape index (κ2) is 6.13. The lowest BCUT2D eigenvalue weighted by Crippen LogP contribution is -2.56. The predicted molar refractivity (Wildman–Crippen MR) is 79.6 cm³/mol. The highest BCUT2D eigenvalue weighted by Gasteiger charge is 2.43. The Labute approximate surface area is 130 Å². The van der Waals surface area contributed by atoms with Gasteiger partial charge in [-0.15, -0.1) is 0 Å². The summed E-state index contributed by atoms with van der Waals surface area (Å²) in [6.07, 6.45) is 2.50. The van der Waals surface area contributed by atoms with E-state index in [9.17, 15) is 19.1 Å². The van der Waals surface area contributed by atoms with Crippen LogP contribution < -0.4 is 5.32 Å². The van der Waals surface area contributed by atoms with Gasteiger partial charge in [0.15, 0.2) is 0 Å². The van der Waals surface area contributed by atoms with Crippen molar-refractivity contribution in [2.75, 3.05) is 0 Å². The summed E-state index contributed by atoms with van der Waals surface area (Å²) in [4.78, 5) is 23.8. The van der Waals surface area contributed by atoms with Crippen LogP contribution in [0.15, 0.2) is 22.7 Å². The van der Waals surface area contributed by atoms with Crippen molar-refractivity contribution >= 4 is 27.8 Å². The smallest absolute Gasteiger partial charge is 0.329 e. The van der Waals surface area contributed by atoms with E-state index in [4.69, 9.17) is 0 Å². The van der Waals surface area contributed by atoms with E-state index in [1.54, 1.807) is 0 Å². The molecule has 4 nitrogen and oxygen atoms in total. The van der Waals surface area contributed by atoms with Gasteiger partial charge in [-0.1, -0.05) is 19.8 Å². The summed E-state index contributed by atoms with van der Waals surface area (Å²) in [7, 11) is 0. The molecule has 0 heterocycles. The van der Waals surface area contributed by atoms with Gasteiger partial charge in [-0.05, 0) is 52.9 Å². The first-order valence-electron chi connectivity index (χ1n) is 6.85. The van der Waals surface area contributed by atoms with Gasteiger partial charge in [0.1, 0.15) is 11.4 Å². The Bertz CT molecular complexity index is 578. The monoisotopic (exact) mass is 357 g/mol. The molecule has 0 bridgehead atoms. The summed E-state index contributed by atoms with van der Waals surface area (Å²) in [5.74, 6) is -1.90. The number of hydrogen-bond acceptors (Lipinski definition) is 2. The lowest BCUT2D eigenvalue weighted by molar-refractivity contribution is -0.146. The Balaban J connectivity index is 2.22. The number of carbonyl (C=O) groups excluding carboxylic acids is 1. The molecule has 2 unspecified atom stereocenters. The molecule has 2 atom stereocenters. The van der Waals surface area contributed by atoms with Crippen LogP contribution in [0.25, 0.3) is 0 Å². The summed E-state index contributed by atoms with van der Waals surface area (Å²) in [5, 5.41) is 12.1. The van der Waals surface area contributed by atoms with Crippen LogP contribution in [0.5, 0.6) is 0 Å². The average Bonchev–Trinajstić information content (AvgIpc) is 2.41. The number of halogens is 2. The van der Waals surface area contributed by atoms with Crippen LogP contribution in [0.3, 0.4) is 0 Å². The maximum atomic E-state index is 13.5. The van der Waals surface area contributed by atoms with Gasteiger partial charge in [0.2, 0.25) is 0 Å². The molecule has 0 aliphatic heterocycles. The van der Waals surface area contributed by atoms with E-state index in [0.717, 1.165) is 18.9 Å². The predicted octanol–water partition coefficient (Wildman–Crippen LogP) is 3.35. The van der Waals surface area contributed by atoms with Gasteiger partial charge in [0, 0.05) is 5.56 Å². The Hall–Kier alpha value is -1.43. The van der Waals surface area contributed by atoms with Gasteiger partial charge in [-0.3, -0.25) is 4.79 Å². The zero-order valence-electron chi connectivity index (χ0n) is 11.7. The van der Waals surface area contributed by atoms with Crippen LogP contribution in [-0.2, 0) is 4.79 Å². The third kappa shape index (κ3) is 3.43. The minimum Gasteiger partial charge on any atom is -0.480 e. The van der Waals surface area contributed by atoms with Crippen molar-refractivity contribution in [3.63, 3.8) is 0 Å². The molecule has 1 aromatic carbocycles. The van der Waals surface area contributed by atoms with Crippen molar-refractivity contribution in [3.8, 4) is 0 Å². The maximum absolute atomic E-state index is 13.5. The van der Waals surface area contributed by atoms with Crippen LogP contribution in [0.1, 0.15) is 43.0 Å².